The van der Waals surface area contributed by atoms with Gasteiger partial charge in [0, 0.05) is 12.6 Å². The molecule has 1 fully saturated rings. The lowest BCUT2D eigenvalue weighted by molar-refractivity contribution is -0.160. The lowest BCUT2D eigenvalue weighted by atomic mass is 9.77. The molecule has 1 aliphatic heterocycles. The molecular formula is C27H28N2O4. The number of carbonyl (C=O) groups excluding carboxylic acids is 2. The molecule has 4 rings (SSSR count). The zero-order chi connectivity index (χ0) is 23.2. The van der Waals surface area contributed by atoms with Gasteiger partial charge < -0.3 is 19.7 Å². The summed E-state index contributed by atoms with van der Waals surface area (Å²) in [6.45, 7) is 2.53. The lowest BCUT2D eigenvalue weighted by Gasteiger charge is -2.50. The fourth-order valence-electron chi connectivity index (χ4n) is 4.24. The fraction of sp³-hybridized carbons (Fsp3) is 0.259. The normalized spacial score (nSPS) is 18.2. The molecule has 0 spiro atoms. The molecule has 0 radical (unpaired) electrons. The predicted octanol–water partition coefficient (Wildman–Crippen LogP) is 4.71. The second-order valence-corrected chi connectivity index (χ2v) is 8.19. The summed E-state index contributed by atoms with van der Waals surface area (Å²) in [5.74, 6) is 0.420. The van der Waals surface area contributed by atoms with Crippen LogP contribution < -0.4 is 10.1 Å². The van der Waals surface area contributed by atoms with E-state index in [1.54, 1.807) is 7.11 Å². The molecular weight excluding hydrogens is 416 g/mol. The summed E-state index contributed by atoms with van der Waals surface area (Å²) < 4.78 is 10.6. The molecule has 2 amide bonds. The van der Waals surface area contributed by atoms with Gasteiger partial charge in [-0.05, 0) is 35.7 Å². The minimum absolute atomic E-state index is 0.00975. The number of benzene rings is 3. The molecule has 6 nitrogen and oxygen atoms in total. The van der Waals surface area contributed by atoms with Crippen molar-refractivity contribution in [2.45, 2.75) is 32.2 Å². The smallest absolute Gasteiger partial charge is 0.407 e. The number of amides is 2. The van der Waals surface area contributed by atoms with Gasteiger partial charge in [0.25, 0.3) is 0 Å². The molecule has 1 heterocycles. The Kier molecular flexibility index (Phi) is 6.93. The first-order valence-electron chi connectivity index (χ1n) is 11.0. The number of methoxy groups -OCH3 is 1. The number of alkyl carbamates (subject to hydrolysis) is 1. The molecule has 0 saturated carbocycles. The minimum atomic E-state index is -0.528. The summed E-state index contributed by atoms with van der Waals surface area (Å²) in [6.07, 6.45) is -0.528. The van der Waals surface area contributed by atoms with Crippen molar-refractivity contribution in [3.63, 3.8) is 0 Å². The molecule has 3 aromatic rings. The number of hydrogen-bond acceptors (Lipinski definition) is 4. The van der Waals surface area contributed by atoms with E-state index in [0.717, 1.165) is 22.4 Å². The van der Waals surface area contributed by atoms with Crippen LogP contribution in [0.5, 0.6) is 5.75 Å². The Bertz CT molecular complexity index is 1070. The number of likely N-dealkylation sites (tertiary alicyclic amines) is 1. The number of rotatable bonds is 8. The molecule has 6 heteroatoms. The van der Waals surface area contributed by atoms with Gasteiger partial charge in [-0.15, -0.1) is 0 Å². The maximum atomic E-state index is 13.2. The summed E-state index contributed by atoms with van der Waals surface area (Å²) in [4.78, 5) is 27.4. The maximum absolute atomic E-state index is 13.2. The van der Waals surface area contributed by atoms with E-state index in [4.69, 9.17) is 9.47 Å². The number of carbonyl (C=O) groups is 2. The third-order valence-electron chi connectivity index (χ3n) is 5.99. The van der Waals surface area contributed by atoms with Crippen molar-refractivity contribution in [3.05, 3.63) is 102 Å². The zero-order valence-electron chi connectivity index (χ0n) is 18.8. The molecule has 1 aliphatic rings. The van der Waals surface area contributed by atoms with Crippen molar-refractivity contribution >= 4 is 12.0 Å². The minimum Gasteiger partial charge on any atom is -0.497 e. The highest BCUT2D eigenvalue weighted by molar-refractivity contribution is 5.88. The Balaban J connectivity index is 1.44. The monoisotopic (exact) mass is 444 g/mol. The summed E-state index contributed by atoms with van der Waals surface area (Å²) in [6, 6.07) is 26.6. The number of ether oxygens (including phenoxy) is 2. The number of hydrogen-bond donors (Lipinski definition) is 1. The third-order valence-corrected chi connectivity index (χ3v) is 5.99. The molecule has 1 saturated heterocycles. The summed E-state index contributed by atoms with van der Waals surface area (Å²) in [5.41, 5.74) is 2.97. The average Bonchev–Trinajstić information content (AvgIpc) is 2.85. The molecule has 1 N–H and O–H groups in total. The largest absolute Gasteiger partial charge is 0.497 e. The number of nitrogens with one attached hydrogen (secondary N) is 1. The second-order valence-electron chi connectivity index (χ2n) is 8.19. The van der Waals surface area contributed by atoms with E-state index < -0.39 is 6.09 Å². The van der Waals surface area contributed by atoms with Crippen molar-refractivity contribution in [1.29, 1.82) is 0 Å². The molecule has 3 atom stereocenters. The Morgan fingerprint density at radius 3 is 2.21 bits per heavy atom. The van der Waals surface area contributed by atoms with E-state index >= 15 is 0 Å². The zero-order valence-corrected chi connectivity index (χ0v) is 18.8. The first-order valence-corrected chi connectivity index (χ1v) is 11.0. The Morgan fingerprint density at radius 1 is 0.939 bits per heavy atom. The van der Waals surface area contributed by atoms with Crippen LogP contribution >= 0.6 is 0 Å². The van der Waals surface area contributed by atoms with Crippen LogP contribution in [0.3, 0.4) is 0 Å². The third kappa shape index (κ3) is 5.17. The van der Waals surface area contributed by atoms with Gasteiger partial charge in [0.2, 0.25) is 5.91 Å². The number of nitrogens with zero attached hydrogens (tertiary/aromatic N) is 1. The van der Waals surface area contributed by atoms with Crippen LogP contribution in [0, 0.1) is 5.92 Å². The van der Waals surface area contributed by atoms with Gasteiger partial charge in [-0.3, -0.25) is 4.79 Å². The van der Waals surface area contributed by atoms with Gasteiger partial charge in [-0.2, -0.15) is 0 Å². The topological polar surface area (TPSA) is 67.9 Å². The highest BCUT2D eigenvalue weighted by atomic mass is 16.5. The van der Waals surface area contributed by atoms with Gasteiger partial charge >= 0.3 is 6.09 Å². The fourth-order valence-corrected chi connectivity index (χ4v) is 4.24. The summed E-state index contributed by atoms with van der Waals surface area (Å²) >= 11 is 0. The number of β-lactam (4-membered cyclic amide) rings is 1. The van der Waals surface area contributed by atoms with Crippen molar-refractivity contribution in [3.8, 4) is 5.75 Å². The van der Waals surface area contributed by atoms with E-state index in [1.807, 2.05) is 96.8 Å². The van der Waals surface area contributed by atoms with Gasteiger partial charge in [-0.1, -0.05) is 72.8 Å². The second kappa shape index (κ2) is 10.2. The van der Waals surface area contributed by atoms with Crippen molar-refractivity contribution in [1.82, 2.24) is 10.2 Å². The first kappa shape index (κ1) is 22.4. The molecule has 0 aliphatic carbocycles. The highest BCUT2D eigenvalue weighted by Gasteiger charge is 2.50. The van der Waals surface area contributed by atoms with Crippen LogP contribution in [0.1, 0.15) is 29.7 Å². The van der Waals surface area contributed by atoms with E-state index in [0.29, 0.717) is 6.54 Å². The van der Waals surface area contributed by atoms with Crippen LogP contribution in [0.2, 0.25) is 0 Å². The SMILES string of the molecule is COc1ccc(CN2C(=O)[C@@H]([C@H](C)NC(=O)OCc3ccccc3)[C@@H]2c2ccccc2)cc1. The molecule has 170 valence electrons. The quantitative estimate of drug-likeness (QED) is 0.511. The molecule has 0 unspecified atom stereocenters. The van der Waals surface area contributed by atoms with Crippen molar-refractivity contribution < 1.29 is 19.1 Å². The van der Waals surface area contributed by atoms with Crippen LogP contribution in [0.25, 0.3) is 0 Å². The van der Waals surface area contributed by atoms with Crippen LogP contribution in [0.4, 0.5) is 4.79 Å². The molecule has 3 aromatic carbocycles. The van der Waals surface area contributed by atoms with Gasteiger partial charge in [0.1, 0.15) is 12.4 Å². The van der Waals surface area contributed by atoms with Crippen LogP contribution in [-0.4, -0.2) is 30.1 Å². The van der Waals surface area contributed by atoms with E-state index in [2.05, 4.69) is 5.32 Å². The molecule has 33 heavy (non-hydrogen) atoms. The van der Waals surface area contributed by atoms with Crippen LogP contribution in [-0.2, 0) is 22.7 Å². The first-order chi connectivity index (χ1) is 16.1. The van der Waals surface area contributed by atoms with E-state index in [1.165, 1.54) is 0 Å². The Hall–Kier alpha value is -3.80. The summed E-state index contributed by atoms with van der Waals surface area (Å²) in [5, 5.41) is 2.86. The summed E-state index contributed by atoms with van der Waals surface area (Å²) in [7, 11) is 1.63. The molecule has 0 bridgehead atoms. The standard InChI is InChI=1S/C27H28N2O4/c1-19(28-27(31)33-18-21-9-5-3-6-10-21)24-25(22-11-7-4-8-12-22)29(26(24)30)17-20-13-15-23(32-2)16-14-20/h3-16,19,24-25H,17-18H2,1-2H3,(H,28,31)/t19-,24-,25-/m0/s1. The predicted molar refractivity (Wildman–Crippen MR) is 125 cm³/mol. The van der Waals surface area contributed by atoms with Crippen molar-refractivity contribution in [2.75, 3.05) is 7.11 Å². The van der Waals surface area contributed by atoms with Gasteiger partial charge in [-0.25, -0.2) is 4.79 Å². The highest BCUT2D eigenvalue weighted by Crippen LogP contribution is 2.43. The Labute approximate surface area is 194 Å². The van der Waals surface area contributed by atoms with Crippen LogP contribution in [0.15, 0.2) is 84.9 Å². The van der Waals surface area contributed by atoms with E-state index in [9.17, 15) is 9.59 Å². The lowest BCUT2D eigenvalue weighted by Crippen LogP contribution is -2.61. The van der Waals surface area contributed by atoms with Gasteiger partial charge in [0.15, 0.2) is 0 Å². The van der Waals surface area contributed by atoms with Crippen molar-refractivity contribution in [2.24, 2.45) is 5.92 Å². The van der Waals surface area contributed by atoms with Gasteiger partial charge in [0.05, 0.1) is 19.1 Å². The Morgan fingerprint density at radius 2 is 1.58 bits per heavy atom. The average molecular weight is 445 g/mol. The molecule has 0 aromatic heterocycles. The maximum Gasteiger partial charge on any atom is 0.407 e. The van der Waals surface area contributed by atoms with E-state index in [-0.39, 0.29) is 30.5 Å².